The summed E-state index contributed by atoms with van der Waals surface area (Å²) in [5.41, 5.74) is 5.98. The third-order valence-corrected chi connectivity index (χ3v) is 6.17. The maximum absolute atomic E-state index is 12.8. The van der Waals surface area contributed by atoms with Crippen LogP contribution in [0, 0.1) is 5.92 Å². The predicted molar refractivity (Wildman–Crippen MR) is 109 cm³/mol. The molecule has 2 aromatic heterocycles. The average Bonchev–Trinajstić information content (AvgIpc) is 3.53. The number of hydrogen-bond acceptors (Lipinski definition) is 9. The standard InChI is InChI=1S/C17H22N8O3S/c1-19-17(27)14-10(8-13(24-25-14)23-16(26)9-4-5-9)21-15-11(29(3,28)20-2)6-7-12(18)22-15/h6-9H,4-5H2,1-3H3,(H,19,27)(H4,18,21,22,23,24,26). The van der Waals surface area contributed by atoms with Crippen LogP contribution in [0.15, 0.2) is 27.5 Å². The van der Waals surface area contributed by atoms with Gasteiger partial charge in [-0.2, -0.15) is 0 Å². The highest BCUT2D eigenvalue weighted by Gasteiger charge is 2.30. The normalized spacial score (nSPS) is 15.1. The lowest BCUT2D eigenvalue weighted by Crippen LogP contribution is -2.23. The Morgan fingerprint density at radius 1 is 1.28 bits per heavy atom. The minimum atomic E-state index is -2.75. The molecule has 1 unspecified atom stereocenters. The van der Waals surface area contributed by atoms with Crippen LogP contribution in [0.25, 0.3) is 0 Å². The molecule has 0 radical (unpaired) electrons. The first-order valence-corrected chi connectivity index (χ1v) is 10.7. The number of nitrogen functional groups attached to an aromatic ring is 1. The lowest BCUT2D eigenvalue weighted by atomic mass is 10.2. The van der Waals surface area contributed by atoms with Crippen molar-refractivity contribution < 1.29 is 13.8 Å². The molecule has 1 fully saturated rings. The minimum absolute atomic E-state index is 0.0232. The van der Waals surface area contributed by atoms with E-state index in [1.165, 1.54) is 32.5 Å². The monoisotopic (exact) mass is 418 g/mol. The molecule has 1 atom stereocenters. The molecule has 0 aromatic carbocycles. The van der Waals surface area contributed by atoms with E-state index in [0.717, 1.165) is 12.8 Å². The van der Waals surface area contributed by atoms with Crippen molar-refractivity contribution >= 4 is 44.7 Å². The van der Waals surface area contributed by atoms with Crippen LogP contribution in [0.2, 0.25) is 0 Å². The molecule has 11 nitrogen and oxygen atoms in total. The number of carbonyl (C=O) groups is 2. The highest BCUT2D eigenvalue weighted by molar-refractivity contribution is 7.93. The Bertz CT molecular complexity index is 1090. The largest absolute Gasteiger partial charge is 0.384 e. The Hall–Kier alpha value is -3.28. The zero-order valence-corrected chi connectivity index (χ0v) is 17.0. The van der Waals surface area contributed by atoms with Gasteiger partial charge in [-0.3, -0.25) is 9.59 Å². The first-order chi connectivity index (χ1) is 13.7. The van der Waals surface area contributed by atoms with E-state index in [9.17, 15) is 13.8 Å². The average molecular weight is 418 g/mol. The number of nitrogens with zero attached hydrogens (tertiary/aromatic N) is 4. The van der Waals surface area contributed by atoms with Gasteiger partial charge in [0, 0.05) is 32.3 Å². The number of carbonyl (C=O) groups excluding carboxylic acids is 2. The predicted octanol–water partition coefficient (Wildman–Crippen LogP) is 0.992. The molecule has 154 valence electrons. The topological polar surface area (TPSA) is 164 Å². The molecule has 1 aliphatic rings. The molecule has 2 heterocycles. The number of aromatic nitrogens is 3. The number of nitrogens with one attached hydrogen (secondary N) is 3. The summed E-state index contributed by atoms with van der Waals surface area (Å²) >= 11 is 0. The van der Waals surface area contributed by atoms with Crippen LogP contribution >= 0.6 is 0 Å². The molecule has 5 N–H and O–H groups in total. The van der Waals surface area contributed by atoms with Crippen LogP contribution in [0.1, 0.15) is 23.3 Å². The summed E-state index contributed by atoms with van der Waals surface area (Å²) in [4.78, 5) is 28.8. The Morgan fingerprint density at radius 2 is 2.00 bits per heavy atom. The number of nitrogens with two attached hydrogens (primary N) is 1. The molecular formula is C17H22N8O3S. The van der Waals surface area contributed by atoms with Gasteiger partial charge in [-0.05, 0) is 25.0 Å². The Labute approximate surface area is 168 Å². The summed E-state index contributed by atoms with van der Waals surface area (Å²) < 4.78 is 16.7. The van der Waals surface area contributed by atoms with E-state index < -0.39 is 15.6 Å². The first kappa shape index (κ1) is 20.5. The van der Waals surface area contributed by atoms with Crippen LogP contribution in [-0.4, -0.2) is 51.6 Å². The molecule has 0 bridgehead atoms. The second kappa shape index (κ2) is 7.99. The quantitative estimate of drug-likeness (QED) is 0.539. The smallest absolute Gasteiger partial charge is 0.273 e. The summed E-state index contributed by atoms with van der Waals surface area (Å²) in [6.45, 7) is 0. The molecule has 2 aromatic rings. The van der Waals surface area contributed by atoms with Gasteiger partial charge in [0.25, 0.3) is 5.91 Å². The van der Waals surface area contributed by atoms with E-state index in [1.807, 2.05) is 0 Å². The first-order valence-electron chi connectivity index (χ1n) is 8.79. The van der Waals surface area contributed by atoms with Gasteiger partial charge in [-0.25, -0.2) is 13.6 Å². The lowest BCUT2D eigenvalue weighted by Gasteiger charge is -2.15. The van der Waals surface area contributed by atoms with Gasteiger partial charge >= 0.3 is 0 Å². The van der Waals surface area contributed by atoms with E-state index in [1.54, 1.807) is 6.07 Å². The fourth-order valence-electron chi connectivity index (χ4n) is 2.49. The van der Waals surface area contributed by atoms with Crippen LogP contribution in [0.5, 0.6) is 0 Å². The summed E-state index contributed by atoms with van der Waals surface area (Å²) in [5, 5.41) is 15.9. The summed E-state index contributed by atoms with van der Waals surface area (Å²) in [6.07, 6.45) is 3.14. The van der Waals surface area contributed by atoms with E-state index in [2.05, 4.69) is 35.5 Å². The summed E-state index contributed by atoms with van der Waals surface area (Å²) in [5.74, 6) is -0.135. The third-order valence-electron chi connectivity index (χ3n) is 4.32. The fourth-order valence-corrected chi connectivity index (χ4v) is 3.46. The minimum Gasteiger partial charge on any atom is -0.384 e. The van der Waals surface area contributed by atoms with Crippen molar-refractivity contribution in [3.05, 3.63) is 23.9 Å². The zero-order valence-electron chi connectivity index (χ0n) is 16.2. The maximum atomic E-state index is 12.8. The Kier molecular flexibility index (Phi) is 5.64. The van der Waals surface area contributed by atoms with Crippen molar-refractivity contribution in [3.8, 4) is 0 Å². The van der Waals surface area contributed by atoms with E-state index >= 15 is 0 Å². The van der Waals surface area contributed by atoms with Crippen molar-refractivity contribution in [1.82, 2.24) is 20.5 Å². The van der Waals surface area contributed by atoms with Gasteiger partial charge in [0.15, 0.2) is 11.5 Å². The van der Waals surface area contributed by atoms with E-state index in [0.29, 0.717) is 4.90 Å². The molecule has 2 amide bonds. The molecule has 0 aliphatic heterocycles. The number of anilines is 4. The third kappa shape index (κ3) is 4.59. The molecule has 29 heavy (non-hydrogen) atoms. The highest BCUT2D eigenvalue weighted by Crippen LogP contribution is 2.31. The SMILES string of the molecule is CN=S(C)(=O)c1ccc(N)nc1Nc1cc(NC(=O)C2CC2)nnc1C(=O)NC. The Morgan fingerprint density at radius 3 is 2.62 bits per heavy atom. The van der Waals surface area contributed by atoms with Crippen molar-refractivity contribution in [2.24, 2.45) is 10.3 Å². The van der Waals surface area contributed by atoms with Crippen LogP contribution in [-0.2, 0) is 14.5 Å². The van der Waals surface area contributed by atoms with Crippen molar-refractivity contribution in [2.45, 2.75) is 17.7 Å². The summed E-state index contributed by atoms with van der Waals surface area (Å²) in [6, 6.07) is 4.54. The number of hydrogen-bond donors (Lipinski definition) is 4. The zero-order chi connectivity index (χ0) is 21.2. The fraction of sp³-hybridized carbons (Fsp3) is 0.353. The van der Waals surface area contributed by atoms with Crippen LogP contribution in [0.3, 0.4) is 0 Å². The summed E-state index contributed by atoms with van der Waals surface area (Å²) in [7, 11) is 0.148. The van der Waals surface area contributed by atoms with Crippen molar-refractivity contribution in [1.29, 1.82) is 0 Å². The van der Waals surface area contributed by atoms with Gasteiger partial charge in [-0.1, -0.05) is 0 Å². The van der Waals surface area contributed by atoms with Gasteiger partial charge in [-0.15, -0.1) is 10.2 Å². The van der Waals surface area contributed by atoms with Crippen molar-refractivity contribution in [3.63, 3.8) is 0 Å². The van der Waals surface area contributed by atoms with Crippen LogP contribution < -0.4 is 21.7 Å². The Balaban J connectivity index is 2.04. The van der Waals surface area contributed by atoms with Gasteiger partial charge in [0.1, 0.15) is 11.6 Å². The lowest BCUT2D eigenvalue weighted by molar-refractivity contribution is -0.117. The van der Waals surface area contributed by atoms with Crippen LogP contribution in [0.4, 0.5) is 23.1 Å². The molecule has 0 saturated heterocycles. The second-order valence-corrected chi connectivity index (χ2v) is 8.94. The molecule has 1 aliphatic carbocycles. The number of pyridine rings is 1. The van der Waals surface area contributed by atoms with E-state index in [4.69, 9.17) is 5.73 Å². The highest BCUT2D eigenvalue weighted by atomic mass is 32.2. The number of rotatable bonds is 6. The van der Waals surface area contributed by atoms with Gasteiger partial charge in [0.2, 0.25) is 5.91 Å². The van der Waals surface area contributed by atoms with Crippen molar-refractivity contribution in [2.75, 3.05) is 36.7 Å². The van der Waals surface area contributed by atoms with E-state index in [-0.39, 0.29) is 40.7 Å². The van der Waals surface area contributed by atoms with Gasteiger partial charge < -0.3 is 21.7 Å². The van der Waals surface area contributed by atoms with Gasteiger partial charge in [0.05, 0.1) is 20.3 Å². The number of amides is 2. The molecule has 12 heteroatoms. The molecule has 0 spiro atoms. The molecule has 1 saturated carbocycles. The maximum Gasteiger partial charge on any atom is 0.273 e. The molecular weight excluding hydrogens is 396 g/mol. The second-order valence-electron chi connectivity index (χ2n) is 6.53. The molecule has 3 rings (SSSR count).